The fourth-order valence-electron chi connectivity index (χ4n) is 3.16. The van der Waals surface area contributed by atoms with E-state index in [4.69, 9.17) is 10.7 Å². The number of nitrogens with zero attached hydrogens (tertiary/aromatic N) is 1. The molecule has 18 heavy (non-hydrogen) atoms. The fourth-order valence-corrected chi connectivity index (χ4v) is 3.16. The molecule has 1 aliphatic rings. The summed E-state index contributed by atoms with van der Waals surface area (Å²) in [5.41, 5.74) is 11.0. The Morgan fingerprint density at radius 1 is 1.22 bits per heavy atom. The van der Waals surface area contributed by atoms with Gasteiger partial charge in [0.05, 0.1) is 11.0 Å². The molecule has 1 aromatic carbocycles. The Kier molecular flexibility index (Phi) is 2.86. The minimum Gasteiger partial charge on any atom is -0.342 e. The number of benzene rings is 1. The van der Waals surface area contributed by atoms with Gasteiger partial charge in [-0.3, -0.25) is 0 Å². The summed E-state index contributed by atoms with van der Waals surface area (Å²) >= 11 is 0. The largest absolute Gasteiger partial charge is 0.342 e. The smallest absolute Gasteiger partial charge is 0.111 e. The monoisotopic (exact) mass is 243 g/mol. The lowest BCUT2D eigenvalue weighted by Gasteiger charge is -2.26. The molecule has 1 fully saturated rings. The number of imidazole rings is 1. The third-order valence-corrected chi connectivity index (χ3v) is 4.11. The first-order valence-electron chi connectivity index (χ1n) is 6.87. The molecule has 1 aliphatic carbocycles. The second kappa shape index (κ2) is 4.39. The summed E-state index contributed by atoms with van der Waals surface area (Å²) in [5, 5.41) is 0. The molecule has 96 valence electrons. The van der Waals surface area contributed by atoms with Gasteiger partial charge in [0.25, 0.3) is 0 Å². The minimum absolute atomic E-state index is 0.265. The van der Waals surface area contributed by atoms with Gasteiger partial charge in [-0.1, -0.05) is 18.9 Å². The van der Waals surface area contributed by atoms with Gasteiger partial charge in [-0.15, -0.1) is 0 Å². The van der Waals surface area contributed by atoms with Crippen LogP contribution in [0.25, 0.3) is 11.0 Å². The van der Waals surface area contributed by atoms with Gasteiger partial charge in [0.2, 0.25) is 0 Å². The zero-order valence-electron chi connectivity index (χ0n) is 11.2. The number of nitrogens with two attached hydrogens (primary N) is 1. The van der Waals surface area contributed by atoms with Crippen LogP contribution in [-0.4, -0.2) is 16.0 Å². The number of hydrogen-bond acceptors (Lipinski definition) is 2. The molecule has 1 saturated carbocycles. The van der Waals surface area contributed by atoms with Crippen molar-refractivity contribution in [1.82, 2.24) is 9.97 Å². The number of aryl methyl sites for hydroxylation is 2. The average Bonchev–Trinajstić information content (AvgIpc) is 2.73. The van der Waals surface area contributed by atoms with Crippen molar-refractivity contribution in [3.8, 4) is 0 Å². The second-order valence-electron chi connectivity index (χ2n) is 5.65. The number of aromatic nitrogens is 2. The van der Waals surface area contributed by atoms with E-state index in [0.29, 0.717) is 5.92 Å². The Morgan fingerprint density at radius 2 is 2.00 bits per heavy atom. The lowest BCUT2D eigenvalue weighted by atomic mass is 9.84. The number of fused-ring (bicyclic) bond motifs is 1. The molecule has 3 rings (SSSR count). The van der Waals surface area contributed by atoms with Crippen LogP contribution in [0.4, 0.5) is 0 Å². The van der Waals surface area contributed by atoms with E-state index < -0.39 is 0 Å². The molecular formula is C15H21N3. The quantitative estimate of drug-likeness (QED) is 0.808. The molecule has 3 heteroatoms. The van der Waals surface area contributed by atoms with Gasteiger partial charge in [0.1, 0.15) is 5.82 Å². The summed E-state index contributed by atoms with van der Waals surface area (Å²) in [4.78, 5) is 8.28. The van der Waals surface area contributed by atoms with Gasteiger partial charge < -0.3 is 10.7 Å². The Labute approximate surface area is 108 Å². The number of rotatable bonds is 1. The Hall–Kier alpha value is -1.35. The van der Waals surface area contributed by atoms with Crippen molar-refractivity contribution in [1.29, 1.82) is 0 Å². The molecule has 1 aromatic heterocycles. The molecule has 3 nitrogen and oxygen atoms in total. The van der Waals surface area contributed by atoms with Crippen molar-refractivity contribution >= 4 is 11.0 Å². The molecule has 2 aromatic rings. The first-order valence-corrected chi connectivity index (χ1v) is 6.87. The Balaban J connectivity index is 2.05. The standard InChI is InChI=1S/C15H21N3/c1-9-7-10(2)14-13(8-9)17-15(18-14)11-5-3-4-6-12(11)16/h7-8,11-12H,3-6,16H2,1-2H3,(H,17,18). The summed E-state index contributed by atoms with van der Waals surface area (Å²) in [5.74, 6) is 1.50. The van der Waals surface area contributed by atoms with Crippen LogP contribution in [0.1, 0.15) is 48.6 Å². The van der Waals surface area contributed by atoms with E-state index in [0.717, 1.165) is 23.3 Å². The lowest BCUT2D eigenvalue weighted by molar-refractivity contribution is 0.375. The second-order valence-corrected chi connectivity index (χ2v) is 5.65. The molecule has 0 bridgehead atoms. The van der Waals surface area contributed by atoms with Crippen LogP contribution in [-0.2, 0) is 0 Å². The van der Waals surface area contributed by atoms with Crippen molar-refractivity contribution in [3.05, 3.63) is 29.1 Å². The fraction of sp³-hybridized carbons (Fsp3) is 0.533. The molecule has 0 amide bonds. The van der Waals surface area contributed by atoms with E-state index in [1.165, 1.54) is 30.4 Å². The lowest BCUT2D eigenvalue weighted by Crippen LogP contribution is -2.31. The third kappa shape index (κ3) is 1.93. The molecule has 1 heterocycles. The van der Waals surface area contributed by atoms with Crippen molar-refractivity contribution in [2.24, 2.45) is 5.73 Å². The SMILES string of the molecule is Cc1cc(C)c2nc(C3CCCCC3N)[nH]c2c1. The highest BCUT2D eigenvalue weighted by Crippen LogP contribution is 2.32. The van der Waals surface area contributed by atoms with Crippen molar-refractivity contribution < 1.29 is 0 Å². The molecule has 3 N–H and O–H groups in total. The zero-order valence-corrected chi connectivity index (χ0v) is 11.2. The van der Waals surface area contributed by atoms with Gasteiger partial charge >= 0.3 is 0 Å². The highest BCUT2D eigenvalue weighted by molar-refractivity contribution is 5.79. The van der Waals surface area contributed by atoms with E-state index >= 15 is 0 Å². The molecule has 2 atom stereocenters. The van der Waals surface area contributed by atoms with E-state index in [-0.39, 0.29) is 6.04 Å². The summed E-state index contributed by atoms with van der Waals surface area (Å²) in [7, 11) is 0. The van der Waals surface area contributed by atoms with Crippen LogP contribution in [0.2, 0.25) is 0 Å². The van der Waals surface area contributed by atoms with Crippen LogP contribution in [0.3, 0.4) is 0 Å². The topological polar surface area (TPSA) is 54.7 Å². The summed E-state index contributed by atoms with van der Waals surface area (Å²) in [6, 6.07) is 4.63. The van der Waals surface area contributed by atoms with Crippen LogP contribution in [0, 0.1) is 13.8 Å². The number of H-pyrrole nitrogens is 1. The summed E-state index contributed by atoms with van der Waals surface area (Å²) in [6.45, 7) is 4.25. The van der Waals surface area contributed by atoms with E-state index in [9.17, 15) is 0 Å². The van der Waals surface area contributed by atoms with Crippen molar-refractivity contribution in [3.63, 3.8) is 0 Å². The summed E-state index contributed by atoms with van der Waals surface area (Å²) in [6.07, 6.45) is 4.82. The van der Waals surface area contributed by atoms with E-state index in [2.05, 4.69) is 31.0 Å². The highest BCUT2D eigenvalue weighted by Gasteiger charge is 2.26. The Morgan fingerprint density at radius 3 is 2.78 bits per heavy atom. The van der Waals surface area contributed by atoms with Crippen LogP contribution in [0.15, 0.2) is 12.1 Å². The van der Waals surface area contributed by atoms with Gasteiger partial charge in [-0.05, 0) is 43.9 Å². The van der Waals surface area contributed by atoms with E-state index in [1.54, 1.807) is 0 Å². The van der Waals surface area contributed by atoms with Crippen LogP contribution in [0.5, 0.6) is 0 Å². The minimum atomic E-state index is 0.265. The average molecular weight is 243 g/mol. The molecule has 0 aliphatic heterocycles. The molecule has 2 unspecified atom stereocenters. The molecule has 0 spiro atoms. The predicted octanol–water partition coefficient (Wildman–Crippen LogP) is 3.16. The van der Waals surface area contributed by atoms with Gasteiger partial charge in [0, 0.05) is 12.0 Å². The van der Waals surface area contributed by atoms with Gasteiger partial charge in [-0.25, -0.2) is 4.98 Å². The maximum absolute atomic E-state index is 6.24. The third-order valence-electron chi connectivity index (χ3n) is 4.11. The Bertz CT molecular complexity index is 570. The zero-order chi connectivity index (χ0) is 12.7. The van der Waals surface area contributed by atoms with E-state index in [1.807, 2.05) is 0 Å². The molecule has 0 saturated heterocycles. The molecule has 0 radical (unpaired) electrons. The normalized spacial score (nSPS) is 24.6. The number of hydrogen-bond donors (Lipinski definition) is 2. The van der Waals surface area contributed by atoms with Crippen LogP contribution >= 0.6 is 0 Å². The van der Waals surface area contributed by atoms with Crippen molar-refractivity contribution in [2.45, 2.75) is 51.5 Å². The van der Waals surface area contributed by atoms with Gasteiger partial charge in [-0.2, -0.15) is 0 Å². The number of aromatic amines is 1. The predicted molar refractivity (Wildman–Crippen MR) is 74.8 cm³/mol. The summed E-state index contributed by atoms with van der Waals surface area (Å²) < 4.78 is 0. The number of nitrogens with one attached hydrogen (secondary N) is 1. The maximum atomic E-state index is 6.24. The van der Waals surface area contributed by atoms with Gasteiger partial charge in [0.15, 0.2) is 0 Å². The highest BCUT2D eigenvalue weighted by atomic mass is 14.9. The first-order chi connectivity index (χ1) is 8.65. The molecular weight excluding hydrogens is 222 g/mol. The first kappa shape index (κ1) is 11.7. The maximum Gasteiger partial charge on any atom is 0.111 e. The van der Waals surface area contributed by atoms with Crippen molar-refractivity contribution in [2.75, 3.05) is 0 Å². The van der Waals surface area contributed by atoms with Crippen LogP contribution < -0.4 is 5.73 Å².